The molecule has 5 heteroatoms. The lowest BCUT2D eigenvalue weighted by atomic mass is 9.83. The fourth-order valence-corrected chi connectivity index (χ4v) is 3.73. The molecular weight excluding hydrogens is 220 g/mol. The Kier molecular flexibility index (Phi) is 2.09. The van der Waals surface area contributed by atoms with Gasteiger partial charge in [0.1, 0.15) is 6.33 Å². The number of nitrogens with one attached hydrogen (secondary N) is 1. The van der Waals surface area contributed by atoms with Gasteiger partial charge in [0, 0.05) is 23.9 Å². The van der Waals surface area contributed by atoms with Gasteiger partial charge in [-0.2, -0.15) is 5.10 Å². The molecule has 2 aromatic heterocycles. The molecule has 0 saturated heterocycles. The zero-order valence-corrected chi connectivity index (χ0v) is 10.6. The van der Waals surface area contributed by atoms with Crippen molar-refractivity contribution < 1.29 is 0 Å². The molecule has 0 amide bonds. The highest BCUT2D eigenvalue weighted by atomic mass is 32.1. The number of fused-ring (bicyclic) bond motifs is 3. The van der Waals surface area contributed by atoms with E-state index in [1.165, 1.54) is 10.6 Å². The van der Waals surface area contributed by atoms with Crippen molar-refractivity contribution in [2.75, 3.05) is 6.54 Å². The van der Waals surface area contributed by atoms with Gasteiger partial charge in [-0.15, -0.1) is 0 Å². The SMILES string of the molecule is CC(C)(C)C1NCCc2c1sc1ncnn21. The first-order valence-electron chi connectivity index (χ1n) is 5.62. The Bertz CT molecular complexity index is 520. The zero-order chi connectivity index (χ0) is 11.3. The molecule has 3 rings (SSSR count). The van der Waals surface area contributed by atoms with Crippen LogP contribution in [0.2, 0.25) is 0 Å². The molecule has 0 bridgehead atoms. The van der Waals surface area contributed by atoms with E-state index in [2.05, 4.69) is 36.2 Å². The van der Waals surface area contributed by atoms with Crippen LogP contribution in [0, 0.1) is 5.41 Å². The molecule has 4 nitrogen and oxygen atoms in total. The van der Waals surface area contributed by atoms with Crippen LogP contribution < -0.4 is 5.32 Å². The summed E-state index contributed by atoms with van der Waals surface area (Å²) in [6.45, 7) is 7.85. The second kappa shape index (κ2) is 3.28. The molecule has 0 spiro atoms. The predicted octanol–water partition coefficient (Wildman–Crippen LogP) is 2.02. The summed E-state index contributed by atoms with van der Waals surface area (Å²) >= 11 is 1.77. The summed E-state index contributed by atoms with van der Waals surface area (Å²) in [5.74, 6) is 0. The highest BCUT2D eigenvalue weighted by molar-refractivity contribution is 7.17. The Labute approximate surface area is 98.7 Å². The summed E-state index contributed by atoms with van der Waals surface area (Å²) < 4.78 is 2.00. The van der Waals surface area contributed by atoms with E-state index in [9.17, 15) is 0 Å². The van der Waals surface area contributed by atoms with E-state index in [0.29, 0.717) is 6.04 Å². The topological polar surface area (TPSA) is 42.2 Å². The lowest BCUT2D eigenvalue weighted by Gasteiger charge is -2.34. The van der Waals surface area contributed by atoms with Crippen LogP contribution in [-0.2, 0) is 6.42 Å². The largest absolute Gasteiger partial charge is 0.308 e. The van der Waals surface area contributed by atoms with Crippen LogP contribution in [0.4, 0.5) is 0 Å². The minimum absolute atomic E-state index is 0.234. The van der Waals surface area contributed by atoms with Gasteiger partial charge in [-0.25, -0.2) is 9.50 Å². The molecule has 1 aliphatic rings. The van der Waals surface area contributed by atoms with Gasteiger partial charge < -0.3 is 5.32 Å². The lowest BCUT2D eigenvalue weighted by molar-refractivity contribution is 0.266. The molecule has 16 heavy (non-hydrogen) atoms. The van der Waals surface area contributed by atoms with Crippen molar-refractivity contribution in [1.82, 2.24) is 19.9 Å². The highest BCUT2D eigenvalue weighted by Gasteiger charge is 2.33. The van der Waals surface area contributed by atoms with Gasteiger partial charge in [0.15, 0.2) is 0 Å². The Morgan fingerprint density at radius 3 is 3.06 bits per heavy atom. The molecule has 1 N–H and O–H groups in total. The summed E-state index contributed by atoms with van der Waals surface area (Å²) in [6, 6.07) is 0.421. The second-order valence-electron chi connectivity index (χ2n) is 5.37. The van der Waals surface area contributed by atoms with E-state index in [1.807, 2.05) is 4.52 Å². The number of rotatable bonds is 0. The van der Waals surface area contributed by atoms with E-state index >= 15 is 0 Å². The van der Waals surface area contributed by atoms with Crippen LogP contribution >= 0.6 is 11.3 Å². The molecule has 0 aromatic carbocycles. The van der Waals surface area contributed by atoms with Crippen LogP contribution in [0.15, 0.2) is 6.33 Å². The molecule has 0 fully saturated rings. The Hall–Kier alpha value is -0.940. The van der Waals surface area contributed by atoms with Crippen LogP contribution in [-0.4, -0.2) is 21.1 Å². The number of aromatic nitrogens is 3. The predicted molar refractivity (Wildman–Crippen MR) is 64.8 cm³/mol. The fraction of sp³-hybridized carbons (Fsp3) is 0.636. The molecule has 1 atom stereocenters. The number of nitrogens with zero attached hydrogens (tertiary/aromatic N) is 3. The molecule has 0 radical (unpaired) electrons. The van der Waals surface area contributed by atoms with Crippen molar-refractivity contribution >= 4 is 16.3 Å². The van der Waals surface area contributed by atoms with E-state index in [4.69, 9.17) is 0 Å². The summed E-state index contributed by atoms with van der Waals surface area (Å²) in [4.78, 5) is 6.71. The number of thiazole rings is 1. The first-order chi connectivity index (χ1) is 7.57. The maximum absolute atomic E-state index is 4.30. The normalized spacial score (nSPS) is 21.3. The highest BCUT2D eigenvalue weighted by Crippen LogP contribution is 2.40. The standard InChI is InChI=1S/C11H16N4S/c1-11(2,3)9-8-7(4-5-12-9)15-10(16-8)13-6-14-15/h6,9,12H,4-5H2,1-3H3. The van der Waals surface area contributed by atoms with Crippen LogP contribution in [0.1, 0.15) is 37.4 Å². The van der Waals surface area contributed by atoms with E-state index in [-0.39, 0.29) is 5.41 Å². The third-order valence-electron chi connectivity index (χ3n) is 3.10. The van der Waals surface area contributed by atoms with Crippen molar-refractivity contribution in [2.45, 2.75) is 33.2 Å². The summed E-state index contributed by atoms with van der Waals surface area (Å²) in [5, 5.41) is 7.90. The molecule has 1 aliphatic heterocycles. The average molecular weight is 236 g/mol. The smallest absolute Gasteiger partial charge is 0.212 e. The Morgan fingerprint density at radius 2 is 2.31 bits per heavy atom. The van der Waals surface area contributed by atoms with Crippen LogP contribution in [0.3, 0.4) is 0 Å². The third-order valence-corrected chi connectivity index (χ3v) is 4.25. The van der Waals surface area contributed by atoms with E-state index < -0.39 is 0 Å². The maximum atomic E-state index is 4.30. The summed E-state index contributed by atoms with van der Waals surface area (Å²) in [7, 11) is 0. The van der Waals surface area contributed by atoms with Gasteiger partial charge in [-0.3, -0.25) is 0 Å². The average Bonchev–Trinajstić information content (AvgIpc) is 2.74. The van der Waals surface area contributed by atoms with Gasteiger partial charge in [-0.1, -0.05) is 32.1 Å². The van der Waals surface area contributed by atoms with Gasteiger partial charge in [-0.05, 0) is 5.41 Å². The molecule has 1 unspecified atom stereocenters. The maximum Gasteiger partial charge on any atom is 0.212 e. The van der Waals surface area contributed by atoms with Crippen molar-refractivity contribution in [3.63, 3.8) is 0 Å². The first-order valence-corrected chi connectivity index (χ1v) is 6.44. The minimum atomic E-state index is 0.234. The Morgan fingerprint density at radius 1 is 1.50 bits per heavy atom. The summed E-state index contributed by atoms with van der Waals surface area (Å²) in [6.07, 6.45) is 2.69. The molecule has 86 valence electrons. The third kappa shape index (κ3) is 1.38. The molecule has 0 aliphatic carbocycles. The van der Waals surface area contributed by atoms with E-state index in [1.54, 1.807) is 17.7 Å². The van der Waals surface area contributed by atoms with Gasteiger partial charge in [0.2, 0.25) is 4.96 Å². The number of hydrogen-bond donors (Lipinski definition) is 1. The van der Waals surface area contributed by atoms with Gasteiger partial charge >= 0.3 is 0 Å². The van der Waals surface area contributed by atoms with Crippen LogP contribution in [0.25, 0.3) is 4.96 Å². The van der Waals surface area contributed by atoms with Gasteiger partial charge in [0.25, 0.3) is 0 Å². The second-order valence-corrected chi connectivity index (χ2v) is 6.38. The first kappa shape index (κ1) is 10.2. The molecule has 3 heterocycles. The molecular formula is C11H16N4S. The minimum Gasteiger partial charge on any atom is -0.308 e. The molecule has 0 saturated carbocycles. The molecule has 2 aromatic rings. The monoisotopic (exact) mass is 236 g/mol. The van der Waals surface area contributed by atoms with Crippen molar-refractivity contribution in [2.24, 2.45) is 5.41 Å². The van der Waals surface area contributed by atoms with Crippen LogP contribution in [0.5, 0.6) is 0 Å². The fourth-order valence-electron chi connectivity index (χ4n) is 2.33. The quantitative estimate of drug-likeness (QED) is 0.761. The summed E-state index contributed by atoms with van der Waals surface area (Å²) in [5.41, 5.74) is 1.58. The van der Waals surface area contributed by atoms with E-state index in [0.717, 1.165) is 17.9 Å². The zero-order valence-electron chi connectivity index (χ0n) is 9.82. The van der Waals surface area contributed by atoms with Crippen molar-refractivity contribution in [3.8, 4) is 0 Å². The Balaban J connectivity index is 2.18. The lowest BCUT2D eigenvalue weighted by Crippen LogP contribution is -2.37. The van der Waals surface area contributed by atoms with Crippen molar-refractivity contribution in [1.29, 1.82) is 0 Å². The van der Waals surface area contributed by atoms with Gasteiger partial charge in [0.05, 0.1) is 5.69 Å². The van der Waals surface area contributed by atoms with Crippen molar-refractivity contribution in [3.05, 3.63) is 16.9 Å². The number of hydrogen-bond acceptors (Lipinski definition) is 4.